The van der Waals surface area contributed by atoms with E-state index in [0.29, 0.717) is 0 Å². The Bertz CT molecular complexity index is 645. The number of aryl methyl sites for hydroxylation is 1. The number of nitrogens with zero attached hydrogens (tertiary/aromatic N) is 2. The molecule has 0 saturated carbocycles. The number of benzene rings is 2. The molecule has 3 nitrogen and oxygen atoms in total. The molecule has 0 spiro atoms. The zero-order valence-corrected chi connectivity index (χ0v) is 15.8. The van der Waals surface area contributed by atoms with Crippen LogP contribution in [0.25, 0.3) is 0 Å². The van der Waals surface area contributed by atoms with E-state index in [9.17, 15) is 0 Å². The van der Waals surface area contributed by atoms with Gasteiger partial charge in [-0.25, -0.2) is 0 Å². The van der Waals surface area contributed by atoms with E-state index in [2.05, 4.69) is 87.1 Å². The predicted octanol–water partition coefficient (Wildman–Crippen LogP) is 4.64. The lowest BCUT2D eigenvalue weighted by atomic mass is 9.96. The molecule has 130 valence electrons. The van der Waals surface area contributed by atoms with Crippen molar-refractivity contribution in [2.45, 2.75) is 26.9 Å². The van der Waals surface area contributed by atoms with Crippen molar-refractivity contribution in [2.75, 3.05) is 44.1 Å². The molecule has 2 rings (SSSR count). The molecule has 3 heteroatoms. The summed E-state index contributed by atoms with van der Waals surface area (Å²) in [6.45, 7) is 8.60. The SMILES string of the molecule is CCN(CC)c1ccc(C(OC)c2ccc(N(C)C)cc2)c(C)c1. The average Bonchev–Trinajstić information content (AvgIpc) is 2.59. The number of hydrogen-bond acceptors (Lipinski definition) is 3. The average molecular weight is 326 g/mol. The van der Waals surface area contributed by atoms with Gasteiger partial charge < -0.3 is 14.5 Å². The first-order chi connectivity index (χ1) is 11.5. The number of anilines is 2. The standard InChI is InChI=1S/C21H30N2O/c1-7-23(8-2)19-13-14-20(16(3)15-19)21(24-6)17-9-11-18(12-10-17)22(4)5/h9-15,21H,7-8H2,1-6H3. The second-order valence-corrected chi connectivity index (χ2v) is 6.31. The minimum Gasteiger partial charge on any atom is -0.378 e. The first-order valence-corrected chi connectivity index (χ1v) is 8.67. The van der Waals surface area contributed by atoms with E-state index >= 15 is 0 Å². The van der Waals surface area contributed by atoms with Gasteiger partial charge in [-0.2, -0.15) is 0 Å². The second-order valence-electron chi connectivity index (χ2n) is 6.31. The Morgan fingerprint density at radius 1 is 0.917 bits per heavy atom. The molecular formula is C21H30N2O. The maximum Gasteiger partial charge on any atom is 0.107 e. The lowest BCUT2D eigenvalue weighted by Gasteiger charge is -2.24. The molecule has 0 radical (unpaired) electrons. The van der Waals surface area contributed by atoms with Gasteiger partial charge in [0.05, 0.1) is 0 Å². The van der Waals surface area contributed by atoms with Gasteiger partial charge in [-0.05, 0) is 61.7 Å². The van der Waals surface area contributed by atoms with Gasteiger partial charge >= 0.3 is 0 Å². The van der Waals surface area contributed by atoms with Crippen molar-refractivity contribution < 1.29 is 4.74 Å². The van der Waals surface area contributed by atoms with Crippen LogP contribution in [0.15, 0.2) is 42.5 Å². The lowest BCUT2D eigenvalue weighted by Crippen LogP contribution is -2.22. The highest BCUT2D eigenvalue weighted by atomic mass is 16.5. The minimum atomic E-state index is -0.0352. The van der Waals surface area contributed by atoms with E-state index in [-0.39, 0.29) is 6.10 Å². The third-order valence-electron chi connectivity index (χ3n) is 4.61. The van der Waals surface area contributed by atoms with Crippen molar-refractivity contribution in [3.05, 3.63) is 59.2 Å². The predicted molar refractivity (Wildman–Crippen MR) is 104 cm³/mol. The van der Waals surface area contributed by atoms with Gasteiger partial charge in [0, 0.05) is 45.7 Å². The van der Waals surface area contributed by atoms with E-state index in [4.69, 9.17) is 4.74 Å². The summed E-state index contributed by atoms with van der Waals surface area (Å²) in [6.07, 6.45) is -0.0352. The first-order valence-electron chi connectivity index (χ1n) is 8.67. The summed E-state index contributed by atoms with van der Waals surface area (Å²) in [4.78, 5) is 4.47. The Morgan fingerprint density at radius 2 is 1.50 bits per heavy atom. The fourth-order valence-electron chi connectivity index (χ4n) is 3.13. The third-order valence-corrected chi connectivity index (χ3v) is 4.61. The molecule has 0 fully saturated rings. The second kappa shape index (κ2) is 8.20. The number of hydrogen-bond donors (Lipinski definition) is 0. The number of ether oxygens (including phenoxy) is 1. The van der Waals surface area contributed by atoms with Crippen molar-refractivity contribution in [2.24, 2.45) is 0 Å². The van der Waals surface area contributed by atoms with Crippen LogP contribution in [0.1, 0.15) is 36.6 Å². The van der Waals surface area contributed by atoms with Crippen LogP contribution in [-0.4, -0.2) is 34.3 Å². The molecule has 0 saturated heterocycles. The smallest absolute Gasteiger partial charge is 0.107 e. The van der Waals surface area contributed by atoms with Crippen LogP contribution in [0.3, 0.4) is 0 Å². The lowest BCUT2D eigenvalue weighted by molar-refractivity contribution is 0.136. The fraction of sp³-hybridized carbons (Fsp3) is 0.429. The largest absolute Gasteiger partial charge is 0.378 e. The third kappa shape index (κ3) is 3.90. The molecule has 1 atom stereocenters. The highest BCUT2D eigenvalue weighted by molar-refractivity contribution is 5.53. The molecule has 0 aliphatic carbocycles. The summed E-state index contributed by atoms with van der Waals surface area (Å²) in [7, 11) is 5.89. The maximum absolute atomic E-state index is 5.83. The molecule has 2 aromatic rings. The minimum absolute atomic E-state index is 0.0352. The van der Waals surface area contributed by atoms with Gasteiger partial charge in [-0.1, -0.05) is 18.2 Å². The van der Waals surface area contributed by atoms with E-state index < -0.39 is 0 Å². The Balaban J connectivity index is 2.33. The van der Waals surface area contributed by atoms with E-state index in [1.165, 1.54) is 28.1 Å². The van der Waals surface area contributed by atoms with Gasteiger partial charge in [0.25, 0.3) is 0 Å². The van der Waals surface area contributed by atoms with Crippen molar-refractivity contribution in [3.63, 3.8) is 0 Å². The van der Waals surface area contributed by atoms with Crippen LogP contribution in [0, 0.1) is 6.92 Å². The van der Waals surface area contributed by atoms with Crippen LogP contribution in [-0.2, 0) is 4.74 Å². The van der Waals surface area contributed by atoms with Crippen molar-refractivity contribution in [1.82, 2.24) is 0 Å². The maximum atomic E-state index is 5.83. The highest BCUT2D eigenvalue weighted by Gasteiger charge is 2.16. The topological polar surface area (TPSA) is 15.7 Å². The first kappa shape index (κ1) is 18.3. The molecule has 0 aromatic heterocycles. The quantitative estimate of drug-likeness (QED) is 0.737. The Hall–Kier alpha value is -2.00. The molecule has 1 unspecified atom stereocenters. The van der Waals surface area contributed by atoms with Gasteiger partial charge in [-0.15, -0.1) is 0 Å². The van der Waals surface area contributed by atoms with Crippen LogP contribution in [0.4, 0.5) is 11.4 Å². The van der Waals surface area contributed by atoms with Crippen molar-refractivity contribution in [1.29, 1.82) is 0 Å². The Labute approximate surface area is 146 Å². The Morgan fingerprint density at radius 3 is 1.96 bits per heavy atom. The van der Waals surface area contributed by atoms with Gasteiger partial charge in [0.1, 0.15) is 6.10 Å². The summed E-state index contributed by atoms with van der Waals surface area (Å²) in [5, 5.41) is 0. The highest BCUT2D eigenvalue weighted by Crippen LogP contribution is 2.31. The summed E-state index contributed by atoms with van der Waals surface area (Å²) < 4.78 is 5.83. The molecule has 0 amide bonds. The van der Waals surface area contributed by atoms with Crippen LogP contribution in [0.5, 0.6) is 0 Å². The molecule has 2 aromatic carbocycles. The van der Waals surface area contributed by atoms with E-state index in [1.807, 2.05) is 0 Å². The zero-order chi connectivity index (χ0) is 17.7. The Kier molecular flexibility index (Phi) is 6.27. The van der Waals surface area contributed by atoms with E-state index in [0.717, 1.165) is 13.1 Å². The zero-order valence-electron chi connectivity index (χ0n) is 15.8. The molecule has 0 heterocycles. The van der Waals surface area contributed by atoms with E-state index in [1.54, 1.807) is 7.11 Å². The molecule has 0 N–H and O–H groups in total. The van der Waals surface area contributed by atoms with Gasteiger partial charge in [-0.3, -0.25) is 0 Å². The monoisotopic (exact) mass is 326 g/mol. The summed E-state index contributed by atoms with van der Waals surface area (Å²) >= 11 is 0. The molecule has 0 aliphatic heterocycles. The summed E-state index contributed by atoms with van der Waals surface area (Å²) in [6, 6.07) is 15.3. The molecule has 0 aliphatic rings. The van der Waals surface area contributed by atoms with Crippen molar-refractivity contribution >= 4 is 11.4 Å². The summed E-state index contributed by atoms with van der Waals surface area (Å²) in [5.74, 6) is 0. The fourth-order valence-corrected chi connectivity index (χ4v) is 3.13. The summed E-state index contributed by atoms with van der Waals surface area (Å²) in [5.41, 5.74) is 6.15. The van der Waals surface area contributed by atoms with Crippen LogP contribution in [0.2, 0.25) is 0 Å². The normalized spacial score (nSPS) is 12.1. The van der Waals surface area contributed by atoms with Gasteiger partial charge in [0.15, 0.2) is 0 Å². The molecule has 0 bridgehead atoms. The number of rotatable bonds is 7. The number of methoxy groups -OCH3 is 1. The van der Waals surface area contributed by atoms with Crippen molar-refractivity contribution in [3.8, 4) is 0 Å². The molecule has 24 heavy (non-hydrogen) atoms. The van der Waals surface area contributed by atoms with Crippen LogP contribution >= 0.6 is 0 Å². The van der Waals surface area contributed by atoms with Crippen LogP contribution < -0.4 is 9.80 Å². The molecular weight excluding hydrogens is 296 g/mol. The van der Waals surface area contributed by atoms with Gasteiger partial charge in [0.2, 0.25) is 0 Å².